The first kappa shape index (κ1) is 24.7. The lowest BCUT2D eigenvalue weighted by Crippen LogP contribution is -2.15. The van der Waals surface area contributed by atoms with E-state index in [2.05, 4.69) is 85.1 Å². The highest BCUT2D eigenvalue weighted by Crippen LogP contribution is 2.34. The van der Waals surface area contributed by atoms with Crippen LogP contribution in [0.3, 0.4) is 0 Å². The lowest BCUT2D eigenvalue weighted by atomic mass is 10.2. The zero-order chi connectivity index (χ0) is 25.9. The van der Waals surface area contributed by atoms with Gasteiger partial charge in [-0.25, -0.2) is 4.98 Å². The van der Waals surface area contributed by atoms with E-state index < -0.39 is 0 Å². The summed E-state index contributed by atoms with van der Waals surface area (Å²) in [7, 11) is 0. The quantitative estimate of drug-likeness (QED) is 0.125. The van der Waals surface area contributed by atoms with Gasteiger partial charge in [0.1, 0.15) is 5.00 Å². The van der Waals surface area contributed by atoms with Crippen molar-refractivity contribution in [1.82, 2.24) is 4.98 Å². The standard InChI is InChI=1S/C28H32N8S2/c1-18-17-21(31-34-26-12-13-27(38-26)36-14-3-4-15-36)9-10-22(18)32-30-20-8-11-23(19(2)16-20)33-35-28-29-24-6-5-7-25(24)37-28/h8-13,16-17,30-32,34H,3-7,14-15H2,1-2H3. The Morgan fingerprint density at radius 3 is 2.34 bits per heavy atom. The van der Waals surface area contributed by atoms with E-state index in [1.807, 2.05) is 19.1 Å². The van der Waals surface area contributed by atoms with E-state index in [1.54, 1.807) is 22.7 Å². The van der Waals surface area contributed by atoms with Crippen molar-refractivity contribution in [1.29, 1.82) is 0 Å². The topological polar surface area (TPSA) is 89.0 Å². The van der Waals surface area contributed by atoms with Gasteiger partial charge < -0.3 is 21.2 Å². The van der Waals surface area contributed by atoms with E-state index in [1.165, 1.54) is 47.9 Å². The summed E-state index contributed by atoms with van der Waals surface area (Å²) < 4.78 is 0. The van der Waals surface area contributed by atoms with E-state index >= 15 is 0 Å². The number of nitrogens with one attached hydrogen (secondary N) is 4. The lowest BCUT2D eigenvalue weighted by Gasteiger charge is -2.15. The molecule has 1 aliphatic carbocycles. The third-order valence-electron chi connectivity index (χ3n) is 6.93. The smallest absolute Gasteiger partial charge is 0.230 e. The van der Waals surface area contributed by atoms with Crippen LogP contribution in [0.5, 0.6) is 0 Å². The highest BCUT2D eigenvalue weighted by molar-refractivity contribution is 7.20. The van der Waals surface area contributed by atoms with Crippen molar-refractivity contribution in [3.63, 3.8) is 0 Å². The minimum atomic E-state index is 0.754. The number of fused-ring (bicyclic) bond motifs is 1. The molecule has 0 radical (unpaired) electrons. The minimum Gasteiger partial charge on any atom is -0.363 e. The number of thiazole rings is 1. The molecule has 0 atom stereocenters. The second kappa shape index (κ2) is 11.0. The van der Waals surface area contributed by atoms with E-state index in [0.717, 1.165) is 56.9 Å². The number of hydrogen-bond donors (Lipinski definition) is 4. The Morgan fingerprint density at radius 1 is 0.763 bits per heavy atom. The van der Waals surface area contributed by atoms with Gasteiger partial charge in [-0.2, -0.15) is 0 Å². The summed E-state index contributed by atoms with van der Waals surface area (Å²) in [4.78, 5) is 8.42. The number of aryl methyl sites for hydroxylation is 4. The van der Waals surface area contributed by atoms with Crippen molar-refractivity contribution in [2.45, 2.75) is 46.0 Å². The predicted octanol–water partition coefficient (Wildman–Crippen LogP) is 8.20. The Balaban J connectivity index is 1.02. The van der Waals surface area contributed by atoms with Gasteiger partial charge >= 0.3 is 0 Å². The van der Waals surface area contributed by atoms with Crippen molar-refractivity contribution in [3.8, 4) is 0 Å². The number of aromatic nitrogens is 1. The average Bonchev–Trinajstić information content (AvgIpc) is 3.71. The number of hydrogen-bond acceptors (Lipinski definition) is 10. The second-order valence-corrected chi connectivity index (χ2v) is 11.9. The molecule has 2 aromatic heterocycles. The van der Waals surface area contributed by atoms with Crippen LogP contribution in [0.1, 0.15) is 41.0 Å². The van der Waals surface area contributed by atoms with Crippen LogP contribution in [0.2, 0.25) is 0 Å². The van der Waals surface area contributed by atoms with Crippen molar-refractivity contribution < 1.29 is 0 Å². The molecule has 2 aromatic carbocycles. The Labute approximate surface area is 231 Å². The number of azo groups is 1. The molecular weight excluding hydrogens is 512 g/mol. The Hall–Kier alpha value is -3.63. The van der Waals surface area contributed by atoms with Crippen molar-refractivity contribution in [2.24, 2.45) is 10.2 Å². The highest BCUT2D eigenvalue weighted by atomic mass is 32.1. The summed E-state index contributed by atoms with van der Waals surface area (Å²) in [5.74, 6) is 0. The molecule has 4 N–H and O–H groups in total. The van der Waals surface area contributed by atoms with Gasteiger partial charge in [-0.05, 0) is 106 Å². The molecule has 3 heterocycles. The summed E-state index contributed by atoms with van der Waals surface area (Å²) >= 11 is 3.45. The monoisotopic (exact) mass is 544 g/mol. The van der Waals surface area contributed by atoms with Crippen LogP contribution < -0.4 is 26.6 Å². The molecular formula is C28H32N8S2. The van der Waals surface area contributed by atoms with Gasteiger partial charge in [0, 0.05) is 18.0 Å². The molecule has 4 aromatic rings. The summed E-state index contributed by atoms with van der Waals surface area (Å²) in [5.41, 5.74) is 20.5. The third kappa shape index (κ3) is 5.61. The van der Waals surface area contributed by atoms with Gasteiger partial charge in [0.15, 0.2) is 0 Å². The molecule has 0 bridgehead atoms. The van der Waals surface area contributed by atoms with Crippen LogP contribution in [0, 0.1) is 13.8 Å². The first-order chi connectivity index (χ1) is 18.6. The molecule has 0 spiro atoms. The molecule has 1 saturated heterocycles. The van der Waals surface area contributed by atoms with Crippen molar-refractivity contribution >= 4 is 60.6 Å². The molecule has 0 amide bonds. The van der Waals surface area contributed by atoms with E-state index in [0.29, 0.717) is 0 Å². The number of thiophene rings is 1. The Kier molecular flexibility index (Phi) is 7.15. The lowest BCUT2D eigenvalue weighted by molar-refractivity contribution is 0.898. The maximum Gasteiger partial charge on any atom is 0.230 e. The normalized spacial score (nSPS) is 14.7. The van der Waals surface area contributed by atoms with Crippen LogP contribution in [0.4, 0.5) is 37.9 Å². The van der Waals surface area contributed by atoms with E-state index in [4.69, 9.17) is 0 Å². The number of benzene rings is 2. The molecule has 0 unspecified atom stereocenters. The number of hydrazine groups is 2. The summed E-state index contributed by atoms with van der Waals surface area (Å²) in [6.07, 6.45) is 5.98. The molecule has 0 saturated carbocycles. The largest absolute Gasteiger partial charge is 0.363 e. The first-order valence-electron chi connectivity index (χ1n) is 13.1. The van der Waals surface area contributed by atoms with Crippen LogP contribution in [0.15, 0.2) is 58.8 Å². The summed E-state index contributed by atoms with van der Waals surface area (Å²) in [6.45, 7) is 6.47. The molecule has 2 aliphatic rings. The SMILES string of the molecule is Cc1cc(NNc2ccc(NNc3ccc(N4CCCC4)s3)cc2C)ccc1N=Nc1nc2c(s1)CCC2. The van der Waals surface area contributed by atoms with Crippen LogP contribution in [-0.2, 0) is 12.8 Å². The first-order valence-corrected chi connectivity index (χ1v) is 14.7. The molecule has 10 heteroatoms. The minimum absolute atomic E-state index is 0.754. The fraction of sp³-hybridized carbons (Fsp3) is 0.321. The Bertz CT molecular complexity index is 1430. The van der Waals surface area contributed by atoms with Crippen molar-refractivity contribution in [2.75, 3.05) is 39.7 Å². The Morgan fingerprint density at radius 2 is 1.55 bits per heavy atom. The highest BCUT2D eigenvalue weighted by Gasteiger charge is 2.16. The van der Waals surface area contributed by atoms with Gasteiger partial charge in [0.2, 0.25) is 5.13 Å². The van der Waals surface area contributed by atoms with Crippen LogP contribution >= 0.6 is 22.7 Å². The fourth-order valence-corrected chi connectivity index (χ4v) is 6.70. The summed E-state index contributed by atoms with van der Waals surface area (Å²) in [5, 5.41) is 12.0. The van der Waals surface area contributed by atoms with Crippen LogP contribution in [0.25, 0.3) is 0 Å². The molecule has 38 heavy (non-hydrogen) atoms. The molecule has 1 fully saturated rings. The second-order valence-electron chi connectivity index (χ2n) is 9.78. The molecule has 8 nitrogen and oxygen atoms in total. The summed E-state index contributed by atoms with van der Waals surface area (Å²) in [6, 6.07) is 16.6. The average molecular weight is 545 g/mol. The molecule has 196 valence electrons. The fourth-order valence-electron chi connectivity index (χ4n) is 4.82. The molecule has 6 rings (SSSR count). The van der Waals surface area contributed by atoms with Gasteiger partial charge in [0.25, 0.3) is 0 Å². The van der Waals surface area contributed by atoms with Gasteiger partial charge in [-0.3, -0.25) is 5.43 Å². The maximum atomic E-state index is 4.60. The van der Waals surface area contributed by atoms with Crippen molar-refractivity contribution in [3.05, 3.63) is 70.2 Å². The van der Waals surface area contributed by atoms with Gasteiger partial charge in [-0.1, -0.05) is 22.7 Å². The zero-order valence-electron chi connectivity index (χ0n) is 21.7. The number of nitrogens with zero attached hydrogens (tertiary/aromatic N) is 4. The number of rotatable bonds is 9. The third-order valence-corrected chi connectivity index (χ3v) is 9.04. The van der Waals surface area contributed by atoms with Gasteiger partial charge in [0.05, 0.1) is 33.4 Å². The van der Waals surface area contributed by atoms with E-state index in [-0.39, 0.29) is 0 Å². The number of anilines is 5. The maximum absolute atomic E-state index is 4.60. The zero-order valence-corrected chi connectivity index (χ0v) is 23.3. The predicted molar refractivity (Wildman–Crippen MR) is 161 cm³/mol. The van der Waals surface area contributed by atoms with Crippen LogP contribution in [-0.4, -0.2) is 18.1 Å². The van der Waals surface area contributed by atoms with Gasteiger partial charge in [-0.15, -0.1) is 10.2 Å². The molecule has 1 aliphatic heterocycles. The van der Waals surface area contributed by atoms with E-state index in [9.17, 15) is 0 Å².